The van der Waals surface area contributed by atoms with Gasteiger partial charge in [0.25, 0.3) is 0 Å². The molecule has 0 radical (unpaired) electrons. The topological polar surface area (TPSA) is 79.4 Å². The second-order valence-corrected chi connectivity index (χ2v) is 8.48. The van der Waals surface area contributed by atoms with Crippen LogP contribution in [-0.4, -0.2) is 73.7 Å². The number of likely N-dealkylation sites (N-methyl/N-ethyl adjacent to an activating group) is 1. The number of carbonyl (C=O) groups excluding carboxylic acids is 3. The van der Waals surface area contributed by atoms with Crippen molar-refractivity contribution in [1.82, 2.24) is 9.80 Å². The van der Waals surface area contributed by atoms with Gasteiger partial charge in [0.05, 0.1) is 13.7 Å². The molecule has 8 nitrogen and oxygen atoms in total. The van der Waals surface area contributed by atoms with Crippen molar-refractivity contribution in [2.45, 2.75) is 38.8 Å². The van der Waals surface area contributed by atoms with Crippen molar-refractivity contribution < 1.29 is 23.9 Å². The van der Waals surface area contributed by atoms with Crippen LogP contribution in [0.25, 0.3) is 0 Å². The van der Waals surface area contributed by atoms with Crippen LogP contribution in [0.15, 0.2) is 18.2 Å². The van der Waals surface area contributed by atoms with E-state index in [2.05, 4.69) is 0 Å². The van der Waals surface area contributed by atoms with Gasteiger partial charge in [-0.3, -0.25) is 14.6 Å². The quantitative estimate of drug-likeness (QED) is 0.703. The second-order valence-electron chi connectivity index (χ2n) is 8.48. The van der Waals surface area contributed by atoms with E-state index in [0.717, 1.165) is 17.8 Å². The number of amides is 2. The average Bonchev–Trinajstić information content (AvgIpc) is 2.64. The molecule has 0 aliphatic carbocycles. The zero-order valence-corrected chi connectivity index (χ0v) is 17.7. The molecule has 8 heteroatoms. The van der Waals surface area contributed by atoms with Gasteiger partial charge in [-0.25, -0.2) is 9.59 Å². The van der Waals surface area contributed by atoms with Crippen molar-refractivity contribution in [3.63, 3.8) is 0 Å². The normalized spacial score (nSPS) is 20.3. The number of ether oxygens (including phenoxy) is 2. The number of piperazine rings is 1. The Labute approximate surface area is 171 Å². The number of hydrogen-bond acceptors (Lipinski definition) is 6. The minimum atomic E-state index is -0.902. The number of esters is 1. The molecule has 2 aliphatic rings. The summed E-state index contributed by atoms with van der Waals surface area (Å²) in [5, 5.41) is 0. The first-order valence-corrected chi connectivity index (χ1v) is 9.80. The predicted octanol–water partition coefficient (Wildman–Crippen LogP) is 1.97. The maximum absolute atomic E-state index is 12.8. The van der Waals surface area contributed by atoms with E-state index in [0.29, 0.717) is 31.6 Å². The molecule has 1 fully saturated rings. The highest BCUT2D eigenvalue weighted by atomic mass is 16.6. The standard InChI is InChI=1S/C21H29N3O5/c1-21(2,3)29-20(27)24-10-9-14-15(18(24)19(26)28-5)7-6-8-16(14)23-12-11-22(4)13-17(23)25/h6-8,18H,9-13H2,1-5H3. The van der Waals surface area contributed by atoms with Gasteiger partial charge in [-0.1, -0.05) is 12.1 Å². The van der Waals surface area contributed by atoms with Crippen LogP contribution in [0.2, 0.25) is 0 Å². The van der Waals surface area contributed by atoms with Crippen molar-refractivity contribution in [3.05, 3.63) is 29.3 Å². The smallest absolute Gasteiger partial charge is 0.411 e. The van der Waals surface area contributed by atoms with Crippen LogP contribution >= 0.6 is 0 Å². The van der Waals surface area contributed by atoms with Crippen molar-refractivity contribution >= 4 is 23.7 Å². The highest BCUT2D eigenvalue weighted by Gasteiger charge is 2.40. The Hall–Kier alpha value is -2.61. The Kier molecular flexibility index (Phi) is 5.84. The lowest BCUT2D eigenvalue weighted by molar-refractivity contribution is -0.147. The van der Waals surface area contributed by atoms with Gasteiger partial charge in [-0.15, -0.1) is 0 Å². The number of fused-ring (bicyclic) bond motifs is 1. The summed E-state index contributed by atoms with van der Waals surface area (Å²) in [5.41, 5.74) is 1.71. The van der Waals surface area contributed by atoms with Crippen LogP contribution in [-0.2, 0) is 25.5 Å². The zero-order chi connectivity index (χ0) is 21.3. The third-order valence-corrected chi connectivity index (χ3v) is 5.15. The molecule has 0 aromatic heterocycles. The first-order valence-electron chi connectivity index (χ1n) is 9.80. The van der Waals surface area contributed by atoms with Gasteiger partial charge >= 0.3 is 12.1 Å². The summed E-state index contributed by atoms with van der Waals surface area (Å²) in [6.45, 7) is 7.38. The maximum atomic E-state index is 12.8. The lowest BCUT2D eigenvalue weighted by atomic mass is 9.90. The van der Waals surface area contributed by atoms with Crippen molar-refractivity contribution in [2.75, 3.05) is 45.2 Å². The molecule has 1 aromatic carbocycles. The van der Waals surface area contributed by atoms with Crippen molar-refractivity contribution in [1.29, 1.82) is 0 Å². The number of anilines is 1. The highest BCUT2D eigenvalue weighted by Crippen LogP contribution is 2.37. The average molecular weight is 403 g/mol. The van der Waals surface area contributed by atoms with E-state index in [1.165, 1.54) is 12.0 Å². The fourth-order valence-corrected chi connectivity index (χ4v) is 3.83. The Morgan fingerprint density at radius 1 is 1.14 bits per heavy atom. The molecule has 3 rings (SSSR count). The van der Waals surface area contributed by atoms with Gasteiger partial charge in [0, 0.05) is 25.3 Å². The fourth-order valence-electron chi connectivity index (χ4n) is 3.83. The molecule has 0 N–H and O–H groups in total. The van der Waals surface area contributed by atoms with E-state index in [1.807, 2.05) is 30.1 Å². The molecule has 2 heterocycles. The molecule has 0 saturated carbocycles. The van der Waals surface area contributed by atoms with E-state index >= 15 is 0 Å². The summed E-state index contributed by atoms with van der Waals surface area (Å²) in [7, 11) is 3.22. The Balaban J connectivity index is 1.99. The van der Waals surface area contributed by atoms with E-state index in [9.17, 15) is 14.4 Å². The summed E-state index contributed by atoms with van der Waals surface area (Å²) in [6.07, 6.45) is -0.0302. The van der Waals surface area contributed by atoms with Crippen LogP contribution in [0, 0.1) is 0 Å². The summed E-state index contributed by atoms with van der Waals surface area (Å²) in [6, 6.07) is 4.63. The molecule has 0 bridgehead atoms. The Morgan fingerprint density at radius 3 is 2.48 bits per heavy atom. The molecule has 0 spiro atoms. The molecule has 158 valence electrons. The molecular formula is C21H29N3O5. The zero-order valence-electron chi connectivity index (χ0n) is 17.7. The van der Waals surface area contributed by atoms with Crippen LogP contribution in [0.1, 0.15) is 37.9 Å². The third kappa shape index (κ3) is 4.37. The van der Waals surface area contributed by atoms with Gasteiger partial charge in [-0.05, 0) is 51.4 Å². The molecule has 1 unspecified atom stereocenters. The first-order chi connectivity index (χ1) is 13.6. The number of carbonyl (C=O) groups is 3. The summed E-state index contributed by atoms with van der Waals surface area (Å²) in [4.78, 5) is 43.2. The SMILES string of the molecule is COC(=O)C1c2cccc(N3CCN(C)CC3=O)c2CCN1C(=O)OC(C)(C)C. The minimum absolute atomic E-state index is 0.0244. The number of nitrogens with zero attached hydrogens (tertiary/aromatic N) is 3. The molecule has 29 heavy (non-hydrogen) atoms. The second kappa shape index (κ2) is 8.02. The first kappa shape index (κ1) is 21.1. The molecule has 1 aromatic rings. The molecule has 1 saturated heterocycles. The van der Waals surface area contributed by atoms with Crippen LogP contribution < -0.4 is 4.90 Å². The predicted molar refractivity (Wildman–Crippen MR) is 108 cm³/mol. The highest BCUT2D eigenvalue weighted by molar-refractivity contribution is 5.97. The molecule has 1 atom stereocenters. The van der Waals surface area contributed by atoms with E-state index in [1.54, 1.807) is 25.7 Å². The number of methoxy groups -OCH3 is 1. The maximum Gasteiger partial charge on any atom is 0.411 e. The van der Waals surface area contributed by atoms with Gasteiger partial charge in [0.1, 0.15) is 5.60 Å². The largest absolute Gasteiger partial charge is 0.467 e. The molecule has 2 aliphatic heterocycles. The third-order valence-electron chi connectivity index (χ3n) is 5.15. The lowest BCUT2D eigenvalue weighted by Gasteiger charge is -2.39. The van der Waals surface area contributed by atoms with E-state index < -0.39 is 23.7 Å². The molecule has 2 amide bonds. The minimum Gasteiger partial charge on any atom is -0.467 e. The number of benzene rings is 1. The Morgan fingerprint density at radius 2 is 1.86 bits per heavy atom. The monoisotopic (exact) mass is 403 g/mol. The van der Waals surface area contributed by atoms with Crippen LogP contribution in [0.4, 0.5) is 10.5 Å². The van der Waals surface area contributed by atoms with Crippen LogP contribution in [0.5, 0.6) is 0 Å². The summed E-state index contributed by atoms with van der Waals surface area (Å²) in [5.74, 6) is -0.505. The van der Waals surface area contributed by atoms with Crippen molar-refractivity contribution in [2.24, 2.45) is 0 Å². The fraction of sp³-hybridized carbons (Fsp3) is 0.571. The van der Waals surface area contributed by atoms with Gasteiger partial charge in [0.15, 0.2) is 6.04 Å². The number of rotatable bonds is 2. The van der Waals surface area contributed by atoms with Gasteiger partial charge < -0.3 is 14.4 Å². The van der Waals surface area contributed by atoms with Crippen LogP contribution in [0.3, 0.4) is 0 Å². The Bertz CT molecular complexity index is 817. The summed E-state index contributed by atoms with van der Waals surface area (Å²) >= 11 is 0. The lowest BCUT2D eigenvalue weighted by Crippen LogP contribution is -2.50. The summed E-state index contributed by atoms with van der Waals surface area (Å²) < 4.78 is 10.5. The van der Waals surface area contributed by atoms with E-state index in [4.69, 9.17) is 9.47 Å². The van der Waals surface area contributed by atoms with Gasteiger partial charge in [-0.2, -0.15) is 0 Å². The van der Waals surface area contributed by atoms with Gasteiger partial charge in [0.2, 0.25) is 5.91 Å². The van der Waals surface area contributed by atoms with Crippen molar-refractivity contribution in [3.8, 4) is 0 Å². The number of hydrogen-bond donors (Lipinski definition) is 0. The molecular weight excluding hydrogens is 374 g/mol. The van der Waals surface area contributed by atoms with E-state index in [-0.39, 0.29) is 5.91 Å².